The molecule has 2 heterocycles. The van der Waals surface area contributed by atoms with Crippen LogP contribution in [-0.2, 0) is 4.79 Å². The van der Waals surface area contributed by atoms with Crippen LogP contribution in [0.5, 0.6) is 6.01 Å². The molecular formula is C25H25ClN6O3. The van der Waals surface area contributed by atoms with E-state index < -0.39 is 17.4 Å². The fourth-order valence-corrected chi connectivity index (χ4v) is 3.81. The van der Waals surface area contributed by atoms with Crippen LogP contribution in [0.15, 0.2) is 65.9 Å². The summed E-state index contributed by atoms with van der Waals surface area (Å²) in [5, 5.41) is 9.77. The number of amides is 2. The number of hydrogen-bond donors (Lipinski definition) is 2. The summed E-state index contributed by atoms with van der Waals surface area (Å²) < 4.78 is 5.21. The highest BCUT2D eigenvalue weighted by atomic mass is 35.5. The first-order valence-electron chi connectivity index (χ1n) is 10.9. The topological polar surface area (TPSA) is 123 Å². The number of methoxy groups -OCH3 is 1. The van der Waals surface area contributed by atoms with Crippen molar-refractivity contribution in [2.45, 2.75) is 25.3 Å². The molecule has 0 aliphatic carbocycles. The number of anilines is 1. The van der Waals surface area contributed by atoms with E-state index in [1.807, 2.05) is 54.6 Å². The number of aromatic nitrogens is 2. The van der Waals surface area contributed by atoms with Crippen LogP contribution in [-0.4, -0.2) is 46.7 Å². The van der Waals surface area contributed by atoms with E-state index in [4.69, 9.17) is 27.2 Å². The Bertz CT molecular complexity index is 1280. The lowest BCUT2D eigenvalue weighted by atomic mass is 9.90. The normalized spacial score (nSPS) is 15.5. The first-order valence-corrected chi connectivity index (χ1v) is 11.3. The molecule has 0 fully saturated rings. The maximum Gasteiger partial charge on any atom is 0.318 e. The van der Waals surface area contributed by atoms with Gasteiger partial charge in [0, 0.05) is 17.1 Å². The molecule has 0 radical (unpaired) electrons. The highest BCUT2D eigenvalue weighted by Gasteiger charge is 2.34. The van der Waals surface area contributed by atoms with Gasteiger partial charge in [0.05, 0.1) is 19.4 Å². The molecule has 0 saturated heterocycles. The van der Waals surface area contributed by atoms with Crippen LogP contribution in [0.1, 0.15) is 41.3 Å². The van der Waals surface area contributed by atoms with Crippen LogP contribution in [0.25, 0.3) is 0 Å². The second kappa shape index (κ2) is 9.71. The molecule has 3 N–H and O–H groups in total. The van der Waals surface area contributed by atoms with Gasteiger partial charge in [0.2, 0.25) is 5.91 Å². The third-order valence-electron chi connectivity index (χ3n) is 5.72. The number of rotatable bonds is 7. The summed E-state index contributed by atoms with van der Waals surface area (Å²) in [6.07, 6.45) is 1.35. The van der Waals surface area contributed by atoms with Gasteiger partial charge in [-0.1, -0.05) is 54.1 Å². The number of nitrogens with two attached hydrogens (primary N) is 1. The van der Waals surface area contributed by atoms with Gasteiger partial charge in [0.15, 0.2) is 5.82 Å². The van der Waals surface area contributed by atoms with Crippen LogP contribution in [0.2, 0.25) is 5.02 Å². The second-order valence-corrected chi connectivity index (χ2v) is 9.01. The van der Waals surface area contributed by atoms with Gasteiger partial charge < -0.3 is 15.8 Å². The van der Waals surface area contributed by atoms with E-state index in [9.17, 15) is 9.59 Å². The van der Waals surface area contributed by atoms with Gasteiger partial charge in [-0.2, -0.15) is 10.1 Å². The minimum atomic E-state index is -1.27. The van der Waals surface area contributed by atoms with E-state index in [-0.39, 0.29) is 23.3 Å². The average molecular weight is 493 g/mol. The Hall–Kier alpha value is -3.98. The number of carbonyl (C=O) groups is 2. The summed E-state index contributed by atoms with van der Waals surface area (Å²) >= 11 is 6.10. The van der Waals surface area contributed by atoms with Gasteiger partial charge >= 0.3 is 6.01 Å². The standard InChI is InChI=1S/C25H25ClN6O3/c1-25(2,23(27)34)30-22(33)18-13-28-24(35-3)29-21(18)32-14-19(15-7-5-4-6-8-15)20(31-32)16-9-11-17(26)12-10-16/h4-13,19H,14H2,1-3H3,(H2,27,34)(H,30,33). The minimum Gasteiger partial charge on any atom is -0.467 e. The summed E-state index contributed by atoms with van der Waals surface area (Å²) in [4.78, 5) is 33.4. The SMILES string of the molecule is COc1ncc(C(=O)NC(C)(C)C(N)=O)c(N2CC(c3ccccc3)C(c3ccc(Cl)cc3)=N2)n1. The number of hydrazone groups is 1. The number of primary amides is 1. The molecule has 4 rings (SSSR count). The van der Waals surface area contributed by atoms with E-state index >= 15 is 0 Å². The lowest BCUT2D eigenvalue weighted by Crippen LogP contribution is -2.53. The van der Waals surface area contributed by atoms with Gasteiger partial charge in [0.25, 0.3) is 5.91 Å². The summed E-state index contributed by atoms with van der Waals surface area (Å²) in [6.45, 7) is 3.46. The molecule has 0 spiro atoms. The number of halogens is 1. The Morgan fingerprint density at radius 2 is 1.83 bits per heavy atom. The van der Waals surface area contributed by atoms with Crippen molar-refractivity contribution < 1.29 is 14.3 Å². The molecule has 3 aromatic rings. The molecular weight excluding hydrogens is 468 g/mol. The van der Waals surface area contributed by atoms with E-state index in [1.165, 1.54) is 27.2 Å². The molecule has 1 aliphatic rings. The molecule has 1 atom stereocenters. The number of ether oxygens (including phenoxy) is 1. The van der Waals surface area contributed by atoms with Crippen molar-refractivity contribution in [3.05, 3.63) is 82.5 Å². The Morgan fingerprint density at radius 3 is 2.46 bits per heavy atom. The molecule has 180 valence electrons. The van der Waals surface area contributed by atoms with Crippen LogP contribution in [0.4, 0.5) is 5.82 Å². The second-order valence-electron chi connectivity index (χ2n) is 8.57. The number of carbonyl (C=O) groups excluding carboxylic acids is 2. The van der Waals surface area contributed by atoms with Gasteiger partial charge in [-0.15, -0.1) is 0 Å². The molecule has 1 aliphatic heterocycles. The van der Waals surface area contributed by atoms with Gasteiger partial charge in [-0.3, -0.25) is 9.59 Å². The molecule has 2 amide bonds. The van der Waals surface area contributed by atoms with Crippen molar-refractivity contribution in [1.82, 2.24) is 15.3 Å². The van der Waals surface area contributed by atoms with Crippen molar-refractivity contribution in [2.75, 3.05) is 18.7 Å². The fourth-order valence-electron chi connectivity index (χ4n) is 3.69. The highest BCUT2D eigenvalue weighted by molar-refractivity contribution is 6.30. The third kappa shape index (κ3) is 5.09. The fraction of sp³-hybridized carbons (Fsp3) is 0.240. The zero-order valence-corrected chi connectivity index (χ0v) is 20.3. The van der Waals surface area contributed by atoms with Crippen molar-refractivity contribution in [3.8, 4) is 6.01 Å². The van der Waals surface area contributed by atoms with Crippen LogP contribution in [0.3, 0.4) is 0 Å². The summed E-state index contributed by atoms with van der Waals surface area (Å²) in [5.74, 6) is -1.08. The van der Waals surface area contributed by atoms with Crippen molar-refractivity contribution in [1.29, 1.82) is 0 Å². The molecule has 9 nitrogen and oxygen atoms in total. The molecule has 1 unspecified atom stereocenters. The van der Waals surface area contributed by atoms with E-state index in [0.29, 0.717) is 11.6 Å². The number of nitrogens with zero attached hydrogens (tertiary/aromatic N) is 4. The summed E-state index contributed by atoms with van der Waals surface area (Å²) in [6, 6.07) is 17.5. The Labute approximate surface area is 208 Å². The van der Waals surface area contributed by atoms with Crippen molar-refractivity contribution in [2.24, 2.45) is 10.8 Å². The molecule has 2 aromatic carbocycles. The molecule has 1 aromatic heterocycles. The molecule has 35 heavy (non-hydrogen) atoms. The van der Waals surface area contributed by atoms with Gasteiger partial charge in [-0.05, 0) is 37.1 Å². The minimum absolute atomic E-state index is 0.0807. The number of benzene rings is 2. The lowest BCUT2D eigenvalue weighted by Gasteiger charge is -2.24. The maximum absolute atomic E-state index is 13.2. The van der Waals surface area contributed by atoms with Crippen LogP contribution >= 0.6 is 11.6 Å². The zero-order chi connectivity index (χ0) is 25.2. The van der Waals surface area contributed by atoms with E-state index in [2.05, 4.69) is 15.3 Å². The highest BCUT2D eigenvalue weighted by Crippen LogP contribution is 2.33. The first kappa shape index (κ1) is 24.2. The largest absolute Gasteiger partial charge is 0.467 e. The monoisotopic (exact) mass is 492 g/mol. The van der Waals surface area contributed by atoms with Crippen molar-refractivity contribution >= 4 is 34.9 Å². The number of nitrogens with one attached hydrogen (secondary N) is 1. The molecule has 0 saturated carbocycles. The summed E-state index contributed by atoms with van der Waals surface area (Å²) in [7, 11) is 1.44. The lowest BCUT2D eigenvalue weighted by molar-refractivity contribution is -0.122. The van der Waals surface area contributed by atoms with Crippen molar-refractivity contribution in [3.63, 3.8) is 0 Å². The molecule has 0 bridgehead atoms. The average Bonchev–Trinajstić information content (AvgIpc) is 3.29. The number of hydrogen-bond acceptors (Lipinski definition) is 7. The first-order chi connectivity index (χ1) is 16.7. The van der Waals surface area contributed by atoms with Gasteiger partial charge in [-0.25, -0.2) is 9.99 Å². The Morgan fingerprint density at radius 1 is 1.14 bits per heavy atom. The molecule has 10 heteroatoms. The predicted molar refractivity (Wildman–Crippen MR) is 134 cm³/mol. The van der Waals surface area contributed by atoms with Crippen LogP contribution < -0.4 is 20.8 Å². The Balaban J connectivity index is 1.79. The van der Waals surface area contributed by atoms with E-state index in [1.54, 1.807) is 5.01 Å². The quantitative estimate of drug-likeness (QED) is 0.522. The zero-order valence-electron chi connectivity index (χ0n) is 19.5. The third-order valence-corrected chi connectivity index (χ3v) is 5.97. The Kier molecular flexibility index (Phi) is 6.70. The predicted octanol–water partition coefficient (Wildman–Crippen LogP) is 3.14. The summed E-state index contributed by atoms with van der Waals surface area (Å²) in [5.41, 5.74) is 7.05. The maximum atomic E-state index is 13.2. The smallest absolute Gasteiger partial charge is 0.318 e. The van der Waals surface area contributed by atoms with E-state index in [0.717, 1.165) is 16.8 Å². The van der Waals surface area contributed by atoms with Crippen LogP contribution in [0, 0.1) is 0 Å². The van der Waals surface area contributed by atoms with Gasteiger partial charge in [0.1, 0.15) is 11.1 Å².